The zero-order valence-electron chi connectivity index (χ0n) is 8.88. The Bertz CT molecular complexity index is 456. The summed E-state index contributed by atoms with van der Waals surface area (Å²) < 4.78 is 0. The number of nitrogens with zero attached hydrogens (tertiary/aromatic N) is 1. The molecule has 16 heavy (non-hydrogen) atoms. The number of hydrogen-bond donors (Lipinski definition) is 2. The number of pyridine rings is 1. The number of aromatic nitrogens is 1. The van der Waals surface area contributed by atoms with Gasteiger partial charge in [0.1, 0.15) is 0 Å². The van der Waals surface area contributed by atoms with Crippen molar-refractivity contribution in [2.75, 3.05) is 6.61 Å². The van der Waals surface area contributed by atoms with Crippen LogP contribution in [0.2, 0.25) is 0 Å². The molecular formula is C13H14N2O. The molecule has 0 saturated carbocycles. The molecule has 1 atom stereocenters. The van der Waals surface area contributed by atoms with Gasteiger partial charge in [-0.05, 0) is 28.8 Å². The van der Waals surface area contributed by atoms with Crippen molar-refractivity contribution in [3.8, 4) is 11.1 Å². The highest BCUT2D eigenvalue weighted by atomic mass is 16.3. The molecule has 1 heterocycles. The van der Waals surface area contributed by atoms with Crippen molar-refractivity contribution in [3.05, 3.63) is 54.4 Å². The Morgan fingerprint density at radius 3 is 2.69 bits per heavy atom. The monoisotopic (exact) mass is 214 g/mol. The summed E-state index contributed by atoms with van der Waals surface area (Å²) in [6, 6.07) is 11.4. The zero-order valence-corrected chi connectivity index (χ0v) is 8.88. The molecule has 3 heteroatoms. The molecule has 0 saturated heterocycles. The highest BCUT2D eigenvalue weighted by Gasteiger charge is 2.05. The van der Waals surface area contributed by atoms with Crippen molar-refractivity contribution in [1.29, 1.82) is 0 Å². The molecule has 0 aliphatic heterocycles. The SMILES string of the molecule is N[C@H](CO)c1cccc(-c2cccnc2)c1. The van der Waals surface area contributed by atoms with E-state index in [1.165, 1.54) is 0 Å². The van der Waals surface area contributed by atoms with Crippen molar-refractivity contribution >= 4 is 0 Å². The maximum absolute atomic E-state index is 9.01. The Labute approximate surface area is 94.6 Å². The molecule has 2 aromatic rings. The molecule has 0 aliphatic carbocycles. The van der Waals surface area contributed by atoms with Gasteiger partial charge in [0.2, 0.25) is 0 Å². The minimum absolute atomic E-state index is 0.0451. The summed E-state index contributed by atoms with van der Waals surface area (Å²) in [6.07, 6.45) is 3.55. The summed E-state index contributed by atoms with van der Waals surface area (Å²) in [5.74, 6) is 0. The highest BCUT2D eigenvalue weighted by molar-refractivity contribution is 5.63. The van der Waals surface area contributed by atoms with Crippen LogP contribution >= 0.6 is 0 Å². The predicted molar refractivity (Wildman–Crippen MR) is 63.7 cm³/mol. The van der Waals surface area contributed by atoms with Crippen LogP contribution in [0.25, 0.3) is 11.1 Å². The van der Waals surface area contributed by atoms with E-state index in [2.05, 4.69) is 4.98 Å². The van der Waals surface area contributed by atoms with Gasteiger partial charge in [-0.3, -0.25) is 4.98 Å². The minimum atomic E-state index is -0.323. The Hall–Kier alpha value is -1.71. The first-order valence-electron chi connectivity index (χ1n) is 5.18. The summed E-state index contributed by atoms with van der Waals surface area (Å²) in [4.78, 5) is 4.08. The third-order valence-corrected chi connectivity index (χ3v) is 2.51. The first-order valence-corrected chi connectivity index (χ1v) is 5.18. The van der Waals surface area contributed by atoms with E-state index in [9.17, 15) is 0 Å². The molecule has 0 fully saturated rings. The second-order valence-electron chi connectivity index (χ2n) is 3.66. The smallest absolute Gasteiger partial charge is 0.0624 e. The standard InChI is InChI=1S/C13H14N2O/c14-13(9-16)11-4-1-3-10(7-11)12-5-2-6-15-8-12/h1-8,13,16H,9,14H2/t13-/m1/s1. The largest absolute Gasteiger partial charge is 0.394 e. The quantitative estimate of drug-likeness (QED) is 0.818. The molecule has 1 aromatic carbocycles. The van der Waals surface area contributed by atoms with Crippen LogP contribution in [0, 0.1) is 0 Å². The minimum Gasteiger partial charge on any atom is -0.394 e. The van der Waals surface area contributed by atoms with Crippen LogP contribution in [-0.4, -0.2) is 16.7 Å². The third kappa shape index (κ3) is 2.27. The van der Waals surface area contributed by atoms with E-state index < -0.39 is 0 Å². The molecule has 1 aromatic heterocycles. The summed E-state index contributed by atoms with van der Waals surface area (Å²) >= 11 is 0. The van der Waals surface area contributed by atoms with Gasteiger partial charge < -0.3 is 10.8 Å². The fourth-order valence-electron chi connectivity index (χ4n) is 1.59. The van der Waals surface area contributed by atoms with Crippen LogP contribution in [0.15, 0.2) is 48.8 Å². The summed E-state index contributed by atoms with van der Waals surface area (Å²) in [5, 5.41) is 9.01. The van der Waals surface area contributed by atoms with E-state index in [0.717, 1.165) is 16.7 Å². The molecule has 82 valence electrons. The molecule has 0 aliphatic rings. The Balaban J connectivity index is 2.36. The Morgan fingerprint density at radius 2 is 2.00 bits per heavy atom. The average Bonchev–Trinajstić information content (AvgIpc) is 2.39. The number of hydrogen-bond acceptors (Lipinski definition) is 3. The van der Waals surface area contributed by atoms with Gasteiger partial charge in [-0.15, -0.1) is 0 Å². The maximum atomic E-state index is 9.01. The highest BCUT2D eigenvalue weighted by Crippen LogP contribution is 2.21. The lowest BCUT2D eigenvalue weighted by molar-refractivity contribution is 0.268. The molecule has 0 unspecified atom stereocenters. The fourth-order valence-corrected chi connectivity index (χ4v) is 1.59. The van der Waals surface area contributed by atoms with E-state index in [1.807, 2.05) is 42.6 Å². The second kappa shape index (κ2) is 4.88. The zero-order chi connectivity index (χ0) is 11.4. The number of aliphatic hydroxyl groups is 1. The van der Waals surface area contributed by atoms with Gasteiger partial charge in [-0.25, -0.2) is 0 Å². The van der Waals surface area contributed by atoms with Gasteiger partial charge in [0.05, 0.1) is 12.6 Å². The molecule has 0 spiro atoms. The van der Waals surface area contributed by atoms with E-state index in [1.54, 1.807) is 6.20 Å². The van der Waals surface area contributed by atoms with Crippen molar-refractivity contribution in [1.82, 2.24) is 4.98 Å². The fraction of sp³-hybridized carbons (Fsp3) is 0.154. The molecule has 3 nitrogen and oxygen atoms in total. The summed E-state index contributed by atoms with van der Waals surface area (Å²) in [5.41, 5.74) is 8.82. The first kappa shape index (κ1) is 10.8. The van der Waals surface area contributed by atoms with Crippen molar-refractivity contribution in [2.45, 2.75) is 6.04 Å². The van der Waals surface area contributed by atoms with Gasteiger partial charge in [0, 0.05) is 12.4 Å². The number of aliphatic hydroxyl groups excluding tert-OH is 1. The number of benzene rings is 1. The van der Waals surface area contributed by atoms with Crippen LogP contribution in [0.4, 0.5) is 0 Å². The van der Waals surface area contributed by atoms with Crippen molar-refractivity contribution in [2.24, 2.45) is 5.73 Å². The molecule has 0 amide bonds. The van der Waals surface area contributed by atoms with Crippen LogP contribution in [0.3, 0.4) is 0 Å². The summed E-state index contributed by atoms with van der Waals surface area (Å²) in [7, 11) is 0. The predicted octanol–water partition coefficient (Wildman–Crippen LogP) is 1.74. The Kier molecular flexibility index (Phi) is 3.29. The molecular weight excluding hydrogens is 200 g/mol. The molecule has 0 radical (unpaired) electrons. The van der Waals surface area contributed by atoms with E-state index in [4.69, 9.17) is 10.8 Å². The topological polar surface area (TPSA) is 59.1 Å². The number of rotatable bonds is 3. The second-order valence-corrected chi connectivity index (χ2v) is 3.66. The summed E-state index contributed by atoms with van der Waals surface area (Å²) in [6.45, 7) is -0.0451. The lowest BCUT2D eigenvalue weighted by Gasteiger charge is -2.10. The van der Waals surface area contributed by atoms with Gasteiger partial charge in [-0.2, -0.15) is 0 Å². The van der Waals surface area contributed by atoms with Gasteiger partial charge >= 0.3 is 0 Å². The van der Waals surface area contributed by atoms with E-state index in [0.29, 0.717) is 0 Å². The first-order chi connectivity index (χ1) is 7.81. The van der Waals surface area contributed by atoms with E-state index >= 15 is 0 Å². The molecule has 0 bridgehead atoms. The lowest BCUT2D eigenvalue weighted by atomic mass is 10.0. The van der Waals surface area contributed by atoms with Crippen molar-refractivity contribution < 1.29 is 5.11 Å². The van der Waals surface area contributed by atoms with Crippen molar-refractivity contribution in [3.63, 3.8) is 0 Å². The lowest BCUT2D eigenvalue weighted by Crippen LogP contribution is -2.14. The maximum Gasteiger partial charge on any atom is 0.0624 e. The Morgan fingerprint density at radius 1 is 1.19 bits per heavy atom. The number of nitrogens with two attached hydrogens (primary N) is 1. The third-order valence-electron chi connectivity index (χ3n) is 2.51. The molecule has 3 N–H and O–H groups in total. The van der Waals surface area contributed by atoms with Crippen LogP contribution in [0.5, 0.6) is 0 Å². The van der Waals surface area contributed by atoms with Gasteiger partial charge in [0.15, 0.2) is 0 Å². The van der Waals surface area contributed by atoms with Gasteiger partial charge in [0.25, 0.3) is 0 Å². The van der Waals surface area contributed by atoms with Gasteiger partial charge in [-0.1, -0.05) is 24.3 Å². The van der Waals surface area contributed by atoms with Crippen LogP contribution in [0.1, 0.15) is 11.6 Å². The average molecular weight is 214 g/mol. The molecule has 2 rings (SSSR count). The normalized spacial score (nSPS) is 12.4. The van der Waals surface area contributed by atoms with E-state index in [-0.39, 0.29) is 12.6 Å². The van der Waals surface area contributed by atoms with Crippen LogP contribution in [-0.2, 0) is 0 Å². The van der Waals surface area contributed by atoms with Crippen LogP contribution < -0.4 is 5.73 Å².